The Labute approximate surface area is 120 Å². The van der Waals surface area contributed by atoms with E-state index in [1.165, 1.54) is 12.8 Å². The molecule has 4 heteroatoms. The quantitative estimate of drug-likeness (QED) is 0.703. The number of benzene rings is 1. The molecule has 1 aliphatic rings. The second-order valence-electron chi connectivity index (χ2n) is 5.09. The molecule has 20 heavy (non-hydrogen) atoms. The van der Waals surface area contributed by atoms with E-state index in [1.54, 1.807) is 7.11 Å². The zero-order valence-corrected chi connectivity index (χ0v) is 12.0. The zero-order chi connectivity index (χ0) is 14.2. The molecule has 1 aliphatic carbocycles. The van der Waals surface area contributed by atoms with Crippen molar-refractivity contribution < 1.29 is 9.47 Å². The van der Waals surface area contributed by atoms with E-state index in [0.29, 0.717) is 19.1 Å². The third kappa shape index (κ3) is 4.75. The molecule has 1 fully saturated rings. The monoisotopic (exact) mass is 274 g/mol. The highest BCUT2D eigenvalue weighted by atomic mass is 16.5. The van der Waals surface area contributed by atoms with Gasteiger partial charge >= 0.3 is 0 Å². The Morgan fingerprint density at radius 2 is 2.20 bits per heavy atom. The molecule has 4 nitrogen and oxygen atoms in total. The highest BCUT2D eigenvalue weighted by Crippen LogP contribution is 2.26. The van der Waals surface area contributed by atoms with E-state index in [-0.39, 0.29) is 0 Å². The number of ether oxygens (including phenoxy) is 2. The molecular weight excluding hydrogens is 252 g/mol. The van der Waals surface area contributed by atoms with Gasteiger partial charge in [0.2, 0.25) is 0 Å². The molecule has 0 aromatic heterocycles. The first kappa shape index (κ1) is 14.7. The number of hydrogen-bond acceptors (Lipinski definition) is 4. The molecule has 0 saturated heterocycles. The van der Waals surface area contributed by atoms with Gasteiger partial charge in [-0.2, -0.15) is 5.26 Å². The number of nitrogens with one attached hydrogen (secondary N) is 1. The fraction of sp³-hybridized carbons (Fsp3) is 0.562. The summed E-state index contributed by atoms with van der Waals surface area (Å²) in [6.45, 7) is 1.47. The zero-order valence-electron chi connectivity index (χ0n) is 12.0. The van der Waals surface area contributed by atoms with Gasteiger partial charge in [0.1, 0.15) is 11.5 Å². The first-order valence-corrected chi connectivity index (χ1v) is 7.23. The predicted molar refractivity (Wildman–Crippen MR) is 77.8 cm³/mol. The number of unbranched alkanes of at least 4 members (excludes halogenated alkanes) is 2. The van der Waals surface area contributed by atoms with Crippen LogP contribution in [0.1, 0.15) is 37.7 Å². The molecule has 1 N–H and O–H groups in total. The van der Waals surface area contributed by atoms with Gasteiger partial charge in [-0.1, -0.05) is 0 Å². The smallest absolute Gasteiger partial charge is 0.124 e. The molecular formula is C16H22N2O2. The minimum Gasteiger partial charge on any atom is -0.497 e. The van der Waals surface area contributed by atoms with Gasteiger partial charge in [0.15, 0.2) is 0 Å². The van der Waals surface area contributed by atoms with Crippen molar-refractivity contribution in [3.8, 4) is 17.6 Å². The number of nitriles is 1. The van der Waals surface area contributed by atoms with Crippen LogP contribution in [0.5, 0.6) is 11.5 Å². The van der Waals surface area contributed by atoms with Crippen molar-refractivity contribution in [2.75, 3.05) is 13.7 Å². The lowest BCUT2D eigenvalue weighted by atomic mass is 10.2. The molecule has 0 radical (unpaired) electrons. The summed E-state index contributed by atoms with van der Waals surface area (Å²) < 4.78 is 11.1. The molecule has 0 heterocycles. The van der Waals surface area contributed by atoms with E-state index in [2.05, 4.69) is 11.4 Å². The third-order valence-electron chi connectivity index (χ3n) is 3.37. The molecule has 0 bridgehead atoms. The van der Waals surface area contributed by atoms with E-state index in [9.17, 15) is 0 Å². The third-order valence-corrected chi connectivity index (χ3v) is 3.37. The topological polar surface area (TPSA) is 54.3 Å². The SMILES string of the molecule is COc1ccc(OCCCCC#N)c(CNC2CC2)c1. The summed E-state index contributed by atoms with van der Waals surface area (Å²) in [4.78, 5) is 0. The lowest BCUT2D eigenvalue weighted by molar-refractivity contribution is 0.303. The van der Waals surface area contributed by atoms with E-state index in [1.807, 2.05) is 18.2 Å². The maximum absolute atomic E-state index is 8.50. The highest BCUT2D eigenvalue weighted by Gasteiger charge is 2.20. The second-order valence-corrected chi connectivity index (χ2v) is 5.09. The fourth-order valence-electron chi connectivity index (χ4n) is 1.99. The van der Waals surface area contributed by atoms with Crippen molar-refractivity contribution in [3.63, 3.8) is 0 Å². The van der Waals surface area contributed by atoms with Crippen molar-refractivity contribution in [1.82, 2.24) is 5.32 Å². The molecule has 0 spiro atoms. The Bertz CT molecular complexity index is 464. The average molecular weight is 274 g/mol. The molecule has 0 aliphatic heterocycles. The van der Waals surface area contributed by atoms with Crippen LogP contribution < -0.4 is 14.8 Å². The van der Waals surface area contributed by atoms with Gasteiger partial charge < -0.3 is 14.8 Å². The van der Waals surface area contributed by atoms with Crippen molar-refractivity contribution in [2.45, 2.75) is 44.7 Å². The van der Waals surface area contributed by atoms with Crippen LogP contribution in [0.15, 0.2) is 18.2 Å². The molecule has 1 saturated carbocycles. The molecule has 1 aromatic carbocycles. The molecule has 1 aromatic rings. The number of nitrogens with zero attached hydrogens (tertiary/aromatic N) is 1. The maximum atomic E-state index is 8.50. The van der Waals surface area contributed by atoms with E-state index in [4.69, 9.17) is 14.7 Å². The van der Waals surface area contributed by atoms with Gasteiger partial charge in [-0.25, -0.2) is 0 Å². The number of hydrogen-bond donors (Lipinski definition) is 1. The fourth-order valence-corrected chi connectivity index (χ4v) is 1.99. The van der Waals surface area contributed by atoms with Gasteiger partial charge in [0.05, 0.1) is 19.8 Å². The summed E-state index contributed by atoms with van der Waals surface area (Å²) in [5.41, 5.74) is 1.14. The highest BCUT2D eigenvalue weighted by molar-refractivity contribution is 5.40. The van der Waals surface area contributed by atoms with Gasteiger partial charge in [-0.05, 0) is 43.9 Å². The molecule has 2 rings (SSSR count). The predicted octanol–water partition coefficient (Wildman–Crippen LogP) is 3.02. The average Bonchev–Trinajstić information content (AvgIpc) is 3.30. The summed E-state index contributed by atoms with van der Waals surface area (Å²) in [7, 11) is 1.68. The van der Waals surface area contributed by atoms with E-state index >= 15 is 0 Å². The lowest BCUT2D eigenvalue weighted by Crippen LogP contribution is -2.16. The Kier molecular flexibility index (Phi) is 5.69. The van der Waals surface area contributed by atoms with Crippen LogP contribution in [0, 0.1) is 11.3 Å². The van der Waals surface area contributed by atoms with Crippen LogP contribution >= 0.6 is 0 Å². The molecule has 0 unspecified atom stereocenters. The lowest BCUT2D eigenvalue weighted by Gasteiger charge is -2.13. The van der Waals surface area contributed by atoms with E-state index in [0.717, 1.165) is 36.4 Å². The van der Waals surface area contributed by atoms with Crippen LogP contribution in [0.4, 0.5) is 0 Å². The van der Waals surface area contributed by atoms with Gasteiger partial charge in [0.25, 0.3) is 0 Å². The van der Waals surface area contributed by atoms with Gasteiger partial charge in [0, 0.05) is 24.6 Å². The number of rotatable bonds is 9. The minimum absolute atomic E-state index is 0.599. The standard InChI is InChI=1S/C16H22N2O2/c1-19-15-7-8-16(20-10-4-2-3-9-17)13(11-15)12-18-14-5-6-14/h7-8,11,14,18H,2-6,10,12H2,1H3. The van der Waals surface area contributed by atoms with Gasteiger partial charge in [-0.15, -0.1) is 0 Å². The summed E-state index contributed by atoms with van der Waals surface area (Å²) in [5.74, 6) is 1.77. The van der Waals surface area contributed by atoms with Crippen molar-refractivity contribution in [2.24, 2.45) is 0 Å². The normalized spacial score (nSPS) is 13.8. The van der Waals surface area contributed by atoms with E-state index < -0.39 is 0 Å². The van der Waals surface area contributed by atoms with Crippen LogP contribution in [0.25, 0.3) is 0 Å². The Balaban J connectivity index is 1.88. The van der Waals surface area contributed by atoms with Crippen molar-refractivity contribution in [1.29, 1.82) is 5.26 Å². The minimum atomic E-state index is 0.599. The Hall–Kier alpha value is -1.73. The number of methoxy groups -OCH3 is 1. The summed E-state index contributed by atoms with van der Waals surface area (Å²) in [5, 5.41) is 12.0. The van der Waals surface area contributed by atoms with Gasteiger partial charge in [-0.3, -0.25) is 0 Å². The van der Waals surface area contributed by atoms with Crippen molar-refractivity contribution >= 4 is 0 Å². The summed E-state index contributed by atoms with van der Waals surface area (Å²) in [6, 6.07) is 8.74. The summed E-state index contributed by atoms with van der Waals surface area (Å²) in [6.07, 6.45) is 4.95. The Morgan fingerprint density at radius 1 is 1.35 bits per heavy atom. The molecule has 0 amide bonds. The first-order chi connectivity index (χ1) is 9.83. The first-order valence-electron chi connectivity index (χ1n) is 7.23. The second kappa shape index (κ2) is 7.76. The van der Waals surface area contributed by atoms with Crippen LogP contribution in [0.3, 0.4) is 0 Å². The summed E-state index contributed by atoms with van der Waals surface area (Å²) >= 11 is 0. The van der Waals surface area contributed by atoms with Crippen LogP contribution in [0.2, 0.25) is 0 Å². The van der Waals surface area contributed by atoms with Crippen molar-refractivity contribution in [3.05, 3.63) is 23.8 Å². The molecule has 0 atom stereocenters. The molecule has 108 valence electrons. The maximum Gasteiger partial charge on any atom is 0.124 e. The largest absolute Gasteiger partial charge is 0.497 e. The van der Waals surface area contributed by atoms with Crippen LogP contribution in [-0.2, 0) is 6.54 Å². The Morgan fingerprint density at radius 3 is 2.90 bits per heavy atom. The van der Waals surface area contributed by atoms with Crippen LogP contribution in [-0.4, -0.2) is 19.8 Å².